The van der Waals surface area contributed by atoms with Crippen molar-refractivity contribution in [2.45, 2.75) is 27.0 Å². The second-order valence-corrected chi connectivity index (χ2v) is 4.56. The van der Waals surface area contributed by atoms with Gasteiger partial charge in [0.05, 0.1) is 13.2 Å². The molecule has 1 aromatic heterocycles. The molecule has 5 heteroatoms. The van der Waals surface area contributed by atoms with Crippen molar-refractivity contribution in [3.05, 3.63) is 41.1 Å². The van der Waals surface area contributed by atoms with Crippen molar-refractivity contribution < 1.29 is 9.84 Å². The predicted octanol–water partition coefficient (Wildman–Crippen LogP) is 1.65. The molecule has 0 saturated carbocycles. The summed E-state index contributed by atoms with van der Waals surface area (Å²) in [5.74, 6) is 1.39. The Hall–Kier alpha value is -2.01. The van der Waals surface area contributed by atoms with E-state index in [1.807, 2.05) is 26.0 Å². The zero-order chi connectivity index (χ0) is 13.8. The molecular formula is C14H19N3O2. The Morgan fingerprint density at radius 3 is 2.84 bits per heavy atom. The summed E-state index contributed by atoms with van der Waals surface area (Å²) in [5.41, 5.74) is 8.79. The highest BCUT2D eigenvalue weighted by Gasteiger charge is 2.06. The van der Waals surface area contributed by atoms with Crippen LogP contribution in [0, 0.1) is 13.8 Å². The van der Waals surface area contributed by atoms with E-state index in [1.54, 1.807) is 10.7 Å². The molecule has 0 unspecified atom stereocenters. The summed E-state index contributed by atoms with van der Waals surface area (Å²) >= 11 is 0. The first-order valence-electron chi connectivity index (χ1n) is 6.23. The predicted molar refractivity (Wildman–Crippen MR) is 74.0 cm³/mol. The van der Waals surface area contributed by atoms with Gasteiger partial charge in [-0.05, 0) is 31.0 Å². The third-order valence-electron chi connectivity index (χ3n) is 2.89. The number of nitrogen functional groups attached to an aromatic ring is 1. The van der Waals surface area contributed by atoms with E-state index in [4.69, 9.17) is 15.6 Å². The van der Waals surface area contributed by atoms with Crippen molar-refractivity contribution >= 4 is 5.82 Å². The number of aryl methyl sites for hydroxylation is 2. The summed E-state index contributed by atoms with van der Waals surface area (Å²) in [6, 6.07) is 7.85. The zero-order valence-corrected chi connectivity index (χ0v) is 11.3. The molecule has 19 heavy (non-hydrogen) atoms. The van der Waals surface area contributed by atoms with Gasteiger partial charge in [0.15, 0.2) is 0 Å². The highest BCUT2D eigenvalue weighted by molar-refractivity contribution is 5.36. The van der Waals surface area contributed by atoms with Gasteiger partial charge in [0.25, 0.3) is 0 Å². The number of rotatable bonds is 5. The third kappa shape index (κ3) is 3.26. The molecule has 5 nitrogen and oxygen atoms in total. The number of aliphatic hydroxyl groups is 1. The van der Waals surface area contributed by atoms with Crippen LogP contribution in [0.3, 0.4) is 0 Å². The van der Waals surface area contributed by atoms with Gasteiger partial charge in [-0.25, -0.2) is 4.68 Å². The minimum atomic E-state index is 0.0170. The first-order chi connectivity index (χ1) is 9.10. The van der Waals surface area contributed by atoms with Crippen LogP contribution in [0.4, 0.5) is 5.82 Å². The van der Waals surface area contributed by atoms with Crippen LogP contribution in [0.5, 0.6) is 5.75 Å². The van der Waals surface area contributed by atoms with Crippen molar-refractivity contribution in [3.8, 4) is 5.75 Å². The van der Waals surface area contributed by atoms with E-state index in [1.165, 1.54) is 0 Å². The minimum absolute atomic E-state index is 0.0170. The van der Waals surface area contributed by atoms with Gasteiger partial charge in [-0.15, -0.1) is 0 Å². The van der Waals surface area contributed by atoms with Crippen LogP contribution < -0.4 is 10.5 Å². The number of aromatic nitrogens is 2. The van der Waals surface area contributed by atoms with Crippen molar-refractivity contribution in [1.29, 1.82) is 0 Å². The molecule has 2 rings (SSSR count). The molecular weight excluding hydrogens is 242 g/mol. The smallest absolute Gasteiger partial charge is 0.132 e. The lowest BCUT2D eigenvalue weighted by atomic mass is 10.1. The highest BCUT2D eigenvalue weighted by Crippen LogP contribution is 2.20. The van der Waals surface area contributed by atoms with Crippen molar-refractivity contribution in [2.24, 2.45) is 0 Å². The maximum Gasteiger partial charge on any atom is 0.132 e. The molecule has 0 saturated heterocycles. The van der Waals surface area contributed by atoms with Gasteiger partial charge in [-0.1, -0.05) is 12.1 Å². The summed E-state index contributed by atoms with van der Waals surface area (Å²) in [5, 5.41) is 13.2. The Balaban J connectivity index is 2.06. The number of ether oxygens (including phenoxy) is 1. The SMILES string of the molecule is Cc1ccc(C)c(OCc2cc(N)n(CCO)n2)c1. The fourth-order valence-electron chi connectivity index (χ4n) is 1.85. The number of hydrogen-bond acceptors (Lipinski definition) is 4. The van der Waals surface area contributed by atoms with E-state index < -0.39 is 0 Å². The van der Waals surface area contributed by atoms with Gasteiger partial charge in [0, 0.05) is 6.07 Å². The molecule has 0 fully saturated rings. The summed E-state index contributed by atoms with van der Waals surface area (Å²) in [6.45, 7) is 4.82. The molecule has 0 aliphatic rings. The lowest BCUT2D eigenvalue weighted by molar-refractivity contribution is 0.266. The fraction of sp³-hybridized carbons (Fsp3) is 0.357. The van der Waals surface area contributed by atoms with Crippen molar-refractivity contribution in [2.75, 3.05) is 12.3 Å². The van der Waals surface area contributed by atoms with E-state index in [-0.39, 0.29) is 6.61 Å². The summed E-state index contributed by atoms with van der Waals surface area (Å²) < 4.78 is 7.33. The lowest BCUT2D eigenvalue weighted by Gasteiger charge is -2.08. The molecule has 102 valence electrons. The number of nitrogens with two attached hydrogens (primary N) is 1. The lowest BCUT2D eigenvalue weighted by Crippen LogP contribution is -2.08. The fourth-order valence-corrected chi connectivity index (χ4v) is 1.85. The minimum Gasteiger partial charge on any atom is -0.487 e. The normalized spacial score (nSPS) is 10.7. The monoisotopic (exact) mass is 261 g/mol. The third-order valence-corrected chi connectivity index (χ3v) is 2.89. The van der Waals surface area contributed by atoms with Crippen LogP contribution >= 0.6 is 0 Å². The van der Waals surface area contributed by atoms with Gasteiger partial charge in [-0.2, -0.15) is 5.10 Å². The Morgan fingerprint density at radius 1 is 1.32 bits per heavy atom. The zero-order valence-electron chi connectivity index (χ0n) is 11.3. The van der Waals surface area contributed by atoms with Crippen LogP contribution in [0.1, 0.15) is 16.8 Å². The van der Waals surface area contributed by atoms with E-state index >= 15 is 0 Å². The summed E-state index contributed by atoms with van der Waals surface area (Å²) in [4.78, 5) is 0. The second-order valence-electron chi connectivity index (χ2n) is 4.56. The van der Waals surface area contributed by atoms with E-state index in [0.29, 0.717) is 19.0 Å². The molecule has 1 heterocycles. The number of nitrogens with zero attached hydrogens (tertiary/aromatic N) is 2. The topological polar surface area (TPSA) is 73.3 Å². The maximum atomic E-state index is 8.88. The Kier molecular flexibility index (Phi) is 4.06. The van der Waals surface area contributed by atoms with Crippen LogP contribution in [0.2, 0.25) is 0 Å². The van der Waals surface area contributed by atoms with Crippen LogP contribution in [-0.2, 0) is 13.2 Å². The molecule has 3 N–H and O–H groups in total. The molecule has 2 aromatic rings. The largest absolute Gasteiger partial charge is 0.487 e. The first-order valence-corrected chi connectivity index (χ1v) is 6.23. The van der Waals surface area contributed by atoms with Gasteiger partial charge < -0.3 is 15.6 Å². The molecule has 1 aromatic carbocycles. The van der Waals surface area contributed by atoms with Gasteiger partial charge in [-0.3, -0.25) is 0 Å². The maximum absolute atomic E-state index is 8.88. The summed E-state index contributed by atoms with van der Waals surface area (Å²) in [7, 11) is 0. The Bertz CT molecular complexity index is 564. The molecule has 0 amide bonds. The van der Waals surface area contributed by atoms with Crippen molar-refractivity contribution in [3.63, 3.8) is 0 Å². The Morgan fingerprint density at radius 2 is 2.11 bits per heavy atom. The quantitative estimate of drug-likeness (QED) is 0.858. The average molecular weight is 261 g/mol. The van der Waals surface area contributed by atoms with E-state index in [2.05, 4.69) is 11.2 Å². The standard InChI is InChI=1S/C14H19N3O2/c1-10-3-4-11(2)13(7-10)19-9-12-8-14(15)17(16-12)5-6-18/h3-4,7-8,18H,5-6,9,15H2,1-2H3. The van der Waals surface area contributed by atoms with Gasteiger partial charge in [0.1, 0.15) is 23.9 Å². The summed E-state index contributed by atoms with van der Waals surface area (Å²) in [6.07, 6.45) is 0. The van der Waals surface area contributed by atoms with Crippen LogP contribution in [-0.4, -0.2) is 21.5 Å². The van der Waals surface area contributed by atoms with E-state index in [0.717, 1.165) is 22.6 Å². The number of anilines is 1. The number of hydrogen-bond donors (Lipinski definition) is 2. The highest BCUT2D eigenvalue weighted by atomic mass is 16.5. The van der Waals surface area contributed by atoms with Gasteiger partial charge in [0.2, 0.25) is 0 Å². The Labute approximate surface area is 112 Å². The molecule has 0 bridgehead atoms. The molecule has 0 aliphatic carbocycles. The molecule has 0 aliphatic heterocycles. The molecule has 0 spiro atoms. The number of aliphatic hydroxyl groups excluding tert-OH is 1. The second kappa shape index (κ2) is 5.75. The van der Waals surface area contributed by atoms with Crippen molar-refractivity contribution in [1.82, 2.24) is 9.78 Å². The average Bonchev–Trinajstić information content (AvgIpc) is 2.72. The number of benzene rings is 1. The molecule has 0 atom stereocenters. The van der Waals surface area contributed by atoms with Crippen LogP contribution in [0.15, 0.2) is 24.3 Å². The van der Waals surface area contributed by atoms with Crippen LogP contribution in [0.25, 0.3) is 0 Å². The van der Waals surface area contributed by atoms with Gasteiger partial charge >= 0.3 is 0 Å². The molecule has 0 radical (unpaired) electrons. The first kappa shape index (κ1) is 13.4. The van der Waals surface area contributed by atoms with E-state index in [9.17, 15) is 0 Å².